The van der Waals surface area contributed by atoms with Crippen molar-refractivity contribution in [2.24, 2.45) is 17.8 Å². The highest BCUT2D eigenvalue weighted by Gasteiger charge is 2.27. The van der Waals surface area contributed by atoms with Crippen LogP contribution in [0.15, 0.2) is 59.9 Å². The fraction of sp³-hybridized carbons (Fsp3) is 0.207. The summed E-state index contributed by atoms with van der Waals surface area (Å²) in [5, 5.41) is 8.06. The van der Waals surface area contributed by atoms with Crippen molar-refractivity contribution in [3.8, 4) is 28.3 Å². The Morgan fingerprint density at radius 2 is 1.90 bits per heavy atom. The molecule has 0 bridgehead atoms. The quantitative estimate of drug-likeness (QED) is 0.273. The topological polar surface area (TPSA) is 130 Å². The fourth-order valence-electron chi connectivity index (χ4n) is 4.79. The molecule has 0 spiro atoms. The predicted octanol–water partition coefficient (Wildman–Crippen LogP) is 4.18. The number of benzene rings is 2. The molecule has 0 saturated heterocycles. The summed E-state index contributed by atoms with van der Waals surface area (Å²) in [6.45, 7) is 0. The monoisotopic (exact) mass is 523 g/mol. The van der Waals surface area contributed by atoms with Gasteiger partial charge in [-0.3, -0.25) is 9.67 Å². The number of carbonyl (C=O) groups is 1. The van der Waals surface area contributed by atoms with E-state index in [1.54, 1.807) is 37.7 Å². The third-order valence-electron chi connectivity index (χ3n) is 6.66. The lowest BCUT2D eigenvalue weighted by Crippen LogP contribution is -2.09. The van der Waals surface area contributed by atoms with E-state index in [1.165, 1.54) is 14.2 Å². The Morgan fingerprint density at radius 3 is 2.59 bits per heavy atom. The molecule has 0 fully saturated rings. The van der Waals surface area contributed by atoms with Crippen LogP contribution in [0.4, 0.5) is 11.6 Å². The number of aryl methyl sites for hydroxylation is 3. The zero-order valence-corrected chi connectivity index (χ0v) is 22.2. The van der Waals surface area contributed by atoms with E-state index >= 15 is 0 Å². The molecule has 10 heteroatoms. The Hall–Kier alpha value is -4.99. The highest BCUT2D eigenvalue weighted by molar-refractivity contribution is 6.09. The number of nitrogens with two attached hydrogens (primary N) is 1. The third-order valence-corrected chi connectivity index (χ3v) is 6.66. The first kappa shape index (κ1) is 25.7. The molecule has 0 radical (unpaired) electrons. The highest BCUT2D eigenvalue weighted by atomic mass is 16.5. The smallest absolute Gasteiger partial charge is 0.337 e. The summed E-state index contributed by atoms with van der Waals surface area (Å²) in [7, 11) is 6.54. The average molecular weight is 524 g/mol. The van der Waals surface area contributed by atoms with Gasteiger partial charge in [0.25, 0.3) is 0 Å². The molecule has 0 aliphatic heterocycles. The van der Waals surface area contributed by atoms with Crippen molar-refractivity contribution in [2.75, 3.05) is 26.6 Å². The largest absolute Gasteiger partial charge is 0.495 e. The second-order valence-corrected chi connectivity index (χ2v) is 8.98. The maximum Gasteiger partial charge on any atom is 0.337 e. The molecular weight excluding hydrogens is 494 g/mol. The normalized spacial score (nSPS) is 12.7. The molecule has 2 aromatic heterocycles. The second-order valence-electron chi connectivity index (χ2n) is 8.98. The Morgan fingerprint density at radius 1 is 1.13 bits per heavy atom. The fourth-order valence-corrected chi connectivity index (χ4v) is 4.79. The second kappa shape index (κ2) is 10.8. The van der Waals surface area contributed by atoms with Crippen LogP contribution >= 0.6 is 0 Å². The van der Waals surface area contributed by atoms with Crippen LogP contribution < -0.4 is 15.8 Å². The molecule has 0 unspecified atom stereocenters. The van der Waals surface area contributed by atoms with E-state index in [2.05, 4.69) is 27.4 Å². The van der Waals surface area contributed by atoms with Crippen LogP contribution in [0.25, 0.3) is 28.1 Å². The number of carbonyl (C=O) groups excluding carboxylic acids is 1. The minimum atomic E-state index is -0.441. The maximum absolute atomic E-state index is 11.9. The van der Waals surface area contributed by atoms with E-state index in [9.17, 15) is 4.79 Å². The number of nitrogens with one attached hydrogen (secondary N) is 1. The number of hydrogen-bond acceptors (Lipinski definition) is 9. The number of anilines is 2. The summed E-state index contributed by atoms with van der Waals surface area (Å²) in [6.07, 6.45) is 6.75. The molecule has 0 amide bonds. The molecule has 4 aromatic rings. The van der Waals surface area contributed by atoms with E-state index in [-0.39, 0.29) is 0 Å². The van der Waals surface area contributed by atoms with E-state index in [4.69, 9.17) is 25.3 Å². The van der Waals surface area contributed by atoms with Crippen LogP contribution in [0.1, 0.15) is 27.2 Å². The van der Waals surface area contributed by atoms with Gasteiger partial charge >= 0.3 is 5.97 Å². The SMILES string of the molecule is CN=C/C(=C\N)c1ccc(-c2c3c(nn2C)CCc2cnc(Nc4ccc(C(=O)OC)cc4OC)nc2-3)cc1. The van der Waals surface area contributed by atoms with Gasteiger partial charge in [-0.1, -0.05) is 24.3 Å². The molecule has 1 aliphatic rings. The Bertz CT molecular complexity index is 1600. The lowest BCUT2D eigenvalue weighted by molar-refractivity contribution is 0.0600. The van der Waals surface area contributed by atoms with Crippen LogP contribution in [0, 0.1) is 0 Å². The molecule has 0 atom stereocenters. The van der Waals surface area contributed by atoms with Crippen molar-refractivity contribution in [3.05, 3.63) is 77.2 Å². The zero-order chi connectivity index (χ0) is 27.5. The minimum absolute atomic E-state index is 0.387. The van der Waals surface area contributed by atoms with Crippen molar-refractivity contribution in [1.82, 2.24) is 19.7 Å². The molecular formula is C29H29N7O3. The number of allylic oxidation sites excluding steroid dienone is 1. The molecule has 2 aromatic carbocycles. The number of nitrogens with zero attached hydrogens (tertiary/aromatic N) is 5. The molecule has 2 heterocycles. The number of aliphatic imine (C=N–C) groups is 1. The maximum atomic E-state index is 11.9. The average Bonchev–Trinajstić information content (AvgIpc) is 3.32. The zero-order valence-electron chi connectivity index (χ0n) is 22.2. The Balaban J connectivity index is 1.53. The number of fused-ring (bicyclic) bond motifs is 3. The van der Waals surface area contributed by atoms with Crippen LogP contribution in [0.5, 0.6) is 5.75 Å². The molecule has 3 N–H and O–H groups in total. The van der Waals surface area contributed by atoms with Crippen molar-refractivity contribution < 1.29 is 14.3 Å². The summed E-state index contributed by atoms with van der Waals surface area (Å²) in [4.78, 5) is 25.5. The number of rotatable bonds is 7. The van der Waals surface area contributed by atoms with Gasteiger partial charge in [0.1, 0.15) is 5.75 Å². The predicted molar refractivity (Wildman–Crippen MR) is 151 cm³/mol. The molecule has 198 valence electrons. The minimum Gasteiger partial charge on any atom is -0.495 e. The lowest BCUT2D eigenvalue weighted by Gasteiger charge is -2.18. The van der Waals surface area contributed by atoms with Gasteiger partial charge in [-0.2, -0.15) is 5.10 Å². The number of hydrogen-bond donors (Lipinski definition) is 2. The molecule has 10 nitrogen and oxygen atoms in total. The van der Waals surface area contributed by atoms with Gasteiger partial charge < -0.3 is 20.5 Å². The number of ether oxygens (including phenoxy) is 2. The van der Waals surface area contributed by atoms with Crippen molar-refractivity contribution in [3.63, 3.8) is 0 Å². The van der Waals surface area contributed by atoms with Crippen LogP contribution in [-0.4, -0.2) is 53.2 Å². The molecule has 0 saturated carbocycles. The van der Waals surface area contributed by atoms with Crippen molar-refractivity contribution in [2.45, 2.75) is 12.8 Å². The van der Waals surface area contributed by atoms with Crippen LogP contribution in [0.2, 0.25) is 0 Å². The summed E-state index contributed by atoms with van der Waals surface area (Å²) in [5.41, 5.74) is 14.5. The molecule has 39 heavy (non-hydrogen) atoms. The summed E-state index contributed by atoms with van der Waals surface area (Å²) in [5.74, 6) is 0.442. The van der Waals surface area contributed by atoms with Gasteiger partial charge in [-0.25, -0.2) is 14.8 Å². The van der Waals surface area contributed by atoms with E-state index < -0.39 is 5.97 Å². The van der Waals surface area contributed by atoms with E-state index in [1.807, 2.05) is 30.1 Å². The van der Waals surface area contributed by atoms with E-state index in [0.29, 0.717) is 22.9 Å². The summed E-state index contributed by atoms with van der Waals surface area (Å²) >= 11 is 0. The molecule has 1 aliphatic carbocycles. The van der Waals surface area contributed by atoms with Gasteiger partial charge in [0.15, 0.2) is 0 Å². The van der Waals surface area contributed by atoms with Gasteiger partial charge in [-0.15, -0.1) is 0 Å². The number of methoxy groups -OCH3 is 2. The van der Waals surface area contributed by atoms with Crippen molar-refractivity contribution >= 4 is 29.4 Å². The lowest BCUT2D eigenvalue weighted by atomic mass is 9.91. The van der Waals surface area contributed by atoms with Crippen molar-refractivity contribution in [1.29, 1.82) is 0 Å². The first-order valence-corrected chi connectivity index (χ1v) is 12.4. The summed E-state index contributed by atoms with van der Waals surface area (Å²) < 4.78 is 12.2. The number of aromatic nitrogens is 4. The standard InChI is InChI=1S/C29H29N7O3/c1-31-15-21(14-30)17-5-7-18(8-6-17)27-25-23(35-36(27)2)12-10-20-16-32-29(34-26(20)25)33-22-11-9-19(28(37)39-4)13-24(22)38-3/h5-9,11,13-16H,10,12,30H2,1-4H3,(H,32,33,34)/b21-14+,31-15?. The van der Waals surface area contributed by atoms with Crippen LogP contribution in [0.3, 0.4) is 0 Å². The van der Waals surface area contributed by atoms with E-state index in [0.717, 1.165) is 57.8 Å². The third kappa shape index (κ3) is 4.84. The molecule has 5 rings (SSSR count). The van der Waals surface area contributed by atoms with Crippen LogP contribution in [-0.2, 0) is 24.6 Å². The first-order valence-electron chi connectivity index (χ1n) is 12.4. The Labute approximate surface area is 226 Å². The van der Waals surface area contributed by atoms with Gasteiger partial charge in [0, 0.05) is 49.4 Å². The summed E-state index contributed by atoms with van der Waals surface area (Å²) in [6, 6.07) is 13.2. The van der Waals surface area contributed by atoms with Gasteiger partial charge in [-0.05, 0) is 42.2 Å². The van der Waals surface area contributed by atoms with Gasteiger partial charge in [0.05, 0.1) is 42.6 Å². The number of esters is 1. The first-order chi connectivity index (χ1) is 19.0. The van der Waals surface area contributed by atoms with Gasteiger partial charge in [0.2, 0.25) is 5.95 Å². The Kier molecular flexibility index (Phi) is 7.09. The highest BCUT2D eigenvalue weighted by Crippen LogP contribution is 2.40.